The number of hydrogen-bond donors (Lipinski definition) is 1. The molecule has 1 amide bonds. The number of ketones is 1. The Bertz CT molecular complexity index is 1010. The zero-order chi connectivity index (χ0) is 18.7. The summed E-state index contributed by atoms with van der Waals surface area (Å²) >= 11 is 5.85. The van der Waals surface area contributed by atoms with Crippen molar-refractivity contribution in [2.24, 2.45) is 0 Å². The molecule has 2 aromatic heterocycles. The van der Waals surface area contributed by atoms with Crippen LogP contribution in [0, 0.1) is 0 Å². The summed E-state index contributed by atoms with van der Waals surface area (Å²) in [6.07, 6.45) is 1.69. The van der Waals surface area contributed by atoms with Gasteiger partial charge in [0.2, 0.25) is 0 Å². The normalized spacial score (nSPS) is 10.5. The molecule has 0 bridgehead atoms. The number of hydrogen-bond acceptors (Lipinski definition) is 4. The molecule has 6 nitrogen and oxygen atoms in total. The van der Waals surface area contributed by atoms with Crippen LogP contribution in [0.5, 0.6) is 0 Å². The van der Waals surface area contributed by atoms with Crippen LogP contribution in [0.2, 0.25) is 5.02 Å². The molecule has 0 atom stereocenters. The molecule has 0 fully saturated rings. The second-order valence-corrected chi connectivity index (χ2v) is 6.03. The van der Waals surface area contributed by atoms with Crippen LogP contribution in [-0.2, 0) is 9.53 Å². The van der Waals surface area contributed by atoms with Crippen molar-refractivity contribution < 1.29 is 19.1 Å². The third-order valence-electron chi connectivity index (χ3n) is 3.70. The molecule has 1 aromatic carbocycles. The topological polar surface area (TPSA) is 76.9 Å². The standard InChI is InChI=1S/C19H15ClN2O4/c1-12(23)17-10-15(16-7-2-3-8-22(16)17)19(25)26-11-18(24)21-14-6-4-5-13(20)9-14/h2-10H,11H2,1H3,(H,21,24). The van der Waals surface area contributed by atoms with Crippen LogP contribution >= 0.6 is 11.6 Å². The van der Waals surface area contributed by atoms with Crippen molar-refractivity contribution in [1.82, 2.24) is 4.40 Å². The van der Waals surface area contributed by atoms with Crippen molar-refractivity contribution in [3.8, 4) is 0 Å². The Morgan fingerprint density at radius 3 is 2.65 bits per heavy atom. The number of benzene rings is 1. The number of pyridine rings is 1. The number of ether oxygens (including phenoxy) is 1. The van der Waals surface area contributed by atoms with E-state index in [4.69, 9.17) is 16.3 Å². The van der Waals surface area contributed by atoms with E-state index >= 15 is 0 Å². The molecule has 0 aliphatic rings. The quantitative estimate of drug-likeness (QED) is 0.550. The van der Waals surface area contributed by atoms with Crippen LogP contribution in [0.3, 0.4) is 0 Å². The molecule has 0 spiro atoms. The third-order valence-corrected chi connectivity index (χ3v) is 3.93. The van der Waals surface area contributed by atoms with Crippen LogP contribution in [0.25, 0.3) is 5.52 Å². The molecule has 3 aromatic rings. The highest BCUT2D eigenvalue weighted by molar-refractivity contribution is 6.30. The molecule has 132 valence electrons. The fourth-order valence-corrected chi connectivity index (χ4v) is 2.75. The maximum atomic E-state index is 12.4. The number of nitrogens with zero attached hydrogens (tertiary/aromatic N) is 1. The first-order chi connectivity index (χ1) is 12.5. The van der Waals surface area contributed by atoms with Gasteiger partial charge in [0.15, 0.2) is 12.4 Å². The SMILES string of the molecule is CC(=O)c1cc(C(=O)OCC(=O)Nc2cccc(Cl)c2)c2ccccn12. The van der Waals surface area contributed by atoms with E-state index in [1.54, 1.807) is 53.1 Å². The molecule has 2 heterocycles. The predicted molar refractivity (Wildman–Crippen MR) is 97.8 cm³/mol. The second-order valence-electron chi connectivity index (χ2n) is 5.59. The minimum atomic E-state index is -0.678. The summed E-state index contributed by atoms with van der Waals surface area (Å²) in [6, 6.07) is 13.3. The van der Waals surface area contributed by atoms with E-state index in [0.717, 1.165) is 0 Å². The van der Waals surface area contributed by atoms with Crippen molar-refractivity contribution in [3.63, 3.8) is 0 Å². The Morgan fingerprint density at radius 2 is 1.92 bits per heavy atom. The number of carbonyl (C=O) groups excluding carboxylic acids is 3. The molecular weight excluding hydrogens is 356 g/mol. The number of amides is 1. The number of esters is 1. The number of rotatable bonds is 5. The van der Waals surface area contributed by atoms with Gasteiger partial charge in [-0.05, 0) is 36.4 Å². The number of Topliss-reactive ketones (excluding diaryl/α,β-unsaturated/α-hetero) is 1. The molecule has 0 aliphatic heterocycles. The summed E-state index contributed by atoms with van der Waals surface area (Å²) in [6.45, 7) is 0.966. The lowest BCUT2D eigenvalue weighted by Crippen LogP contribution is -2.20. The van der Waals surface area contributed by atoms with Crippen molar-refractivity contribution in [2.75, 3.05) is 11.9 Å². The first-order valence-electron chi connectivity index (χ1n) is 7.79. The summed E-state index contributed by atoms with van der Waals surface area (Å²) in [5.41, 5.74) is 1.65. The lowest BCUT2D eigenvalue weighted by molar-refractivity contribution is -0.119. The van der Waals surface area contributed by atoms with Gasteiger partial charge in [0.25, 0.3) is 5.91 Å². The van der Waals surface area contributed by atoms with Crippen molar-refractivity contribution in [2.45, 2.75) is 6.92 Å². The van der Waals surface area contributed by atoms with Gasteiger partial charge in [0.1, 0.15) is 0 Å². The van der Waals surface area contributed by atoms with Gasteiger partial charge in [-0.15, -0.1) is 0 Å². The van der Waals surface area contributed by atoms with Crippen LogP contribution in [0.4, 0.5) is 5.69 Å². The van der Waals surface area contributed by atoms with Crippen molar-refractivity contribution in [3.05, 3.63) is 71.0 Å². The molecular formula is C19H15ClN2O4. The summed E-state index contributed by atoms with van der Waals surface area (Å²) in [5, 5.41) is 3.07. The highest BCUT2D eigenvalue weighted by Crippen LogP contribution is 2.19. The van der Waals surface area contributed by atoms with Crippen LogP contribution in [-0.4, -0.2) is 28.7 Å². The van der Waals surface area contributed by atoms with E-state index in [1.165, 1.54) is 13.0 Å². The van der Waals surface area contributed by atoms with Crippen molar-refractivity contribution in [1.29, 1.82) is 0 Å². The Kier molecular flexibility index (Phi) is 5.04. The molecule has 0 radical (unpaired) electrons. The Labute approximate surface area is 154 Å². The number of anilines is 1. The van der Waals surface area contributed by atoms with E-state index < -0.39 is 18.5 Å². The van der Waals surface area contributed by atoms with Gasteiger partial charge in [-0.3, -0.25) is 9.59 Å². The average Bonchev–Trinajstić information content (AvgIpc) is 3.00. The molecule has 1 N–H and O–H groups in total. The van der Waals surface area contributed by atoms with Crippen molar-refractivity contribution >= 4 is 40.5 Å². The van der Waals surface area contributed by atoms with E-state index in [2.05, 4.69) is 5.32 Å². The maximum Gasteiger partial charge on any atom is 0.340 e. The van der Waals surface area contributed by atoms with Gasteiger partial charge in [-0.1, -0.05) is 23.7 Å². The van der Waals surface area contributed by atoms with Gasteiger partial charge in [-0.25, -0.2) is 4.79 Å². The number of carbonyl (C=O) groups is 3. The maximum absolute atomic E-state index is 12.4. The highest BCUT2D eigenvalue weighted by Gasteiger charge is 2.19. The van der Waals surface area contributed by atoms with E-state index in [0.29, 0.717) is 21.9 Å². The lowest BCUT2D eigenvalue weighted by atomic mass is 10.2. The predicted octanol–water partition coefficient (Wildman–Crippen LogP) is 3.59. The fourth-order valence-electron chi connectivity index (χ4n) is 2.56. The number of nitrogens with one attached hydrogen (secondary N) is 1. The second kappa shape index (κ2) is 7.41. The molecule has 0 saturated heterocycles. The van der Waals surface area contributed by atoms with Crippen LogP contribution < -0.4 is 5.32 Å². The summed E-state index contributed by atoms with van der Waals surface area (Å²) < 4.78 is 6.70. The lowest BCUT2D eigenvalue weighted by Gasteiger charge is -2.06. The summed E-state index contributed by atoms with van der Waals surface area (Å²) in [7, 11) is 0. The third kappa shape index (κ3) is 3.75. The molecule has 0 aliphatic carbocycles. The summed E-state index contributed by atoms with van der Waals surface area (Å²) in [5.74, 6) is -1.35. The van der Waals surface area contributed by atoms with Gasteiger partial charge in [0, 0.05) is 23.8 Å². The van der Waals surface area contributed by atoms with Crippen LogP contribution in [0.1, 0.15) is 27.8 Å². The first-order valence-corrected chi connectivity index (χ1v) is 8.17. The van der Waals surface area contributed by atoms with E-state index in [9.17, 15) is 14.4 Å². The zero-order valence-corrected chi connectivity index (χ0v) is 14.6. The molecule has 0 saturated carbocycles. The summed E-state index contributed by atoms with van der Waals surface area (Å²) in [4.78, 5) is 36.0. The van der Waals surface area contributed by atoms with Crippen LogP contribution in [0.15, 0.2) is 54.7 Å². The Hall–Kier alpha value is -3.12. The molecule has 0 unspecified atom stereocenters. The Morgan fingerprint density at radius 1 is 1.12 bits per heavy atom. The Balaban J connectivity index is 1.71. The number of halogens is 1. The zero-order valence-electron chi connectivity index (χ0n) is 13.9. The van der Waals surface area contributed by atoms with Gasteiger partial charge in [-0.2, -0.15) is 0 Å². The van der Waals surface area contributed by atoms with E-state index in [-0.39, 0.29) is 11.3 Å². The fraction of sp³-hybridized carbons (Fsp3) is 0.105. The minimum absolute atomic E-state index is 0.177. The van der Waals surface area contributed by atoms with Gasteiger partial charge >= 0.3 is 5.97 Å². The first kappa shape index (κ1) is 17.7. The minimum Gasteiger partial charge on any atom is -0.452 e. The van der Waals surface area contributed by atoms with E-state index in [1.807, 2.05) is 0 Å². The monoisotopic (exact) mass is 370 g/mol. The smallest absolute Gasteiger partial charge is 0.340 e. The number of aromatic nitrogens is 1. The van der Waals surface area contributed by atoms with Gasteiger partial charge in [0.05, 0.1) is 16.8 Å². The molecule has 7 heteroatoms. The average molecular weight is 371 g/mol. The molecule has 3 rings (SSSR count). The molecule has 26 heavy (non-hydrogen) atoms. The number of fused-ring (bicyclic) bond motifs is 1. The largest absolute Gasteiger partial charge is 0.452 e. The highest BCUT2D eigenvalue weighted by atomic mass is 35.5. The van der Waals surface area contributed by atoms with Gasteiger partial charge < -0.3 is 14.5 Å².